The summed E-state index contributed by atoms with van der Waals surface area (Å²) in [5.41, 5.74) is 2.88. The second-order valence-electron chi connectivity index (χ2n) is 5.42. The Hall–Kier alpha value is -3.48. The van der Waals surface area contributed by atoms with E-state index in [-0.39, 0.29) is 6.61 Å². The van der Waals surface area contributed by atoms with E-state index in [0.29, 0.717) is 23.4 Å². The second-order valence-corrected chi connectivity index (χ2v) is 5.42. The molecule has 4 aromatic rings. The van der Waals surface area contributed by atoms with Crippen LogP contribution in [0.2, 0.25) is 0 Å². The molecule has 7 heteroatoms. The van der Waals surface area contributed by atoms with Gasteiger partial charge in [0.2, 0.25) is 18.2 Å². The quantitative estimate of drug-likeness (QED) is 0.550. The van der Waals surface area contributed by atoms with Crippen molar-refractivity contribution >= 4 is 0 Å². The van der Waals surface area contributed by atoms with Gasteiger partial charge < -0.3 is 13.6 Å². The van der Waals surface area contributed by atoms with E-state index in [1.807, 2.05) is 55.5 Å². The number of benzene rings is 2. The van der Waals surface area contributed by atoms with Crippen LogP contribution in [0.15, 0.2) is 63.8 Å². The fraction of sp³-hybridized carbons (Fsp3) is 0.111. The van der Waals surface area contributed by atoms with E-state index in [1.54, 1.807) is 0 Å². The zero-order valence-corrected chi connectivity index (χ0v) is 13.4. The molecular weight excluding hydrogens is 320 g/mol. The fourth-order valence-corrected chi connectivity index (χ4v) is 2.26. The van der Waals surface area contributed by atoms with Crippen LogP contribution in [0.1, 0.15) is 11.5 Å². The maximum Gasteiger partial charge on any atom is 0.254 e. The van der Waals surface area contributed by atoms with Gasteiger partial charge in [-0.15, -0.1) is 20.4 Å². The molecule has 0 aliphatic rings. The number of ether oxygens (including phenoxy) is 1. The molecule has 0 saturated carbocycles. The molecule has 2 aromatic carbocycles. The van der Waals surface area contributed by atoms with Crippen LogP contribution < -0.4 is 4.74 Å². The summed E-state index contributed by atoms with van der Waals surface area (Å²) in [6.07, 6.45) is 1.29. The van der Waals surface area contributed by atoms with Gasteiger partial charge >= 0.3 is 0 Å². The molecule has 0 fully saturated rings. The maximum atomic E-state index is 5.67. The van der Waals surface area contributed by atoms with Gasteiger partial charge in [0.15, 0.2) is 6.61 Å². The molecule has 0 saturated heterocycles. The van der Waals surface area contributed by atoms with Gasteiger partial charge in [0.1, 0.15) is 5.75 Å². The predicted octanol–water partition coefficient (Wildman–Crippen LogP) is 3.67. The lowest BCUT2D eigenvalue weighted by Gasteiger charge is -2.03. The first-order chi connectivity index (χ1) is 12.3. The van der Waals surface area contributed by atoms with Gasteiger partial charge in [-0.2, -0.15) is 0 Å². The molecule has 0 spiro atoms. The van der Waals surface area contributed by atoms with Gasteiger partial charge in [-0.3, -0.25) is 0 Å². The lowest BCUT2D eigenvalue weighted by Crippen LogP contribution is -1.95. The molecule has 7 nitrogen and oxygen atoms in total. The van der Waals surface area contributed by atoms with Crippen LogP contribution in [0.25, 0.3) is 22.9 Å². The molecule has 124 valence electrons. The predicted molar refractivity (Wildman–Crippen MR) is 88.5 cm³/mol. The summed E-state index contributed by atoms with van der Waals surface area (Å²) in [4.78, 5) is 0. The van der Waals surface area contributed by atoms with E-state index in [4.69, 9.17) is 13.6 Å². The molecule has 2 aromatic heterocycles. The topological polar surface area (TPSA) is 87.1 Å². The molecule has 0 aliphatic heterocycles. The average Bonchev–Trinajstić information content (AvgIpc) is 3.33. The zero-order chi connectivity index (χ0) is 17.1. The number of hydrogen-bond donors (Lipinski definition) is 0. The zero-order valence-electron chi connectivity index (χ0n) is 13.4. The Balaban J connectivity index is 1.41. The first-order valence-corrected chi connectivity index (χ1v) is 7.67. The third kappa shape index (κ3) is 3.40. The van der Waals surface area contributed by atoms with Gasteiger partial charge in [0.05, 0.1) is 0 Å². The summed E-state index contributed by atoms with van der Waals surface area (Å²) in [6, 6.07) is 15.2. The van der Waals surface area contributed by atoms with Gasteiger partial charge in [-0.05, 0) is 43.3 Å². The molecule has 25 heavy (non-hydrogen) atoms. The molecule has 0 N–H and O–H groups in total. The van der Waals surface area contributed by atoms with Crippen LogP contribution in [0, 0.1) is 6.92 Å². The standard InChI is InChI=1S/C18H14N4O3/c1-12-2-4-14(5-3-12)18-22-20-16(25-18)10-23-15-8-6-13(7-9-15)17-21-19-11-24-17/h2-9,11H,10H2,1H3. The minimum Gasteiger partial charge on any atom is -0.484 e. The molecule has 0 radical (unpaired) electrons. The van der Waals surface area contributed by atoms with Crippen LogP contribution >= 0.6 is 0 Å². The SMILES string of the molecule is Cc1ccc(-c2nnc(COc3ccc(-c4nnco4)cc3)o2)cc1. The van der Waals surface area contributed by atoms with Crippen molar-refractivity contribution in [3.63, 3.8) is 0 Å². The normalized spacial score (nSPS) is 10.8. The van der Waals surface area contributed by atoms with E-state index in [1.165, 1.54) is 12.0 Å². The molecule has 0 atom stereocenters. The van der Waals surface area contributed by atoms with Crippen LogP contribution in [-0.4, -0.2) is 20.4 Å². The van der Waals surface area contributed by atoms with Crippen molar-refractivity contribution in [1.29, 1.82) is 0 Å². The van der Waals surface area contributed by atoms with Gasteiger partial charge in [0, 0.05) is 11.1 Å². The smallest absolute Gasteiger partial charge is 0.254 e. The van der Waals surface area contributed by atoms with E-state index in [9.17, 15) is 0 Å². The summed E-state index contributed by atoms with van der Waals surface area (Å²) < 4.78 is 16.4. The minimum atomic E-state index is 0.193. The highest BCUT2D eigenvalue weighted by atomic mass is 16.5. The van der Waals surface area contributed by atoms with E-state index >= 15 is 0 Å². The first kappa shape index (κ1) is 15.1. The molecule has 0 unspecified atom stereocenters. The molecule has 2 heterocycles. The Morgan fingerprint density at radius 1 is 0.840 bits per heavy atom. The minimum absolute atomic E-state index is 0.193. The average molecular weight is 334 g/mol. The summed E-state index contributed by atoms with van der Waals surface area (Å²) in [5.74, 6) is 2.03. The molecular formula is C18H14N4O3. The third-order valence-corrected chi connectivity index (χ3v) is 3.59. The van der Waals surface area contributed by atoms with Crippen molar-refractivity contribution < 1.29 is 13.6 Å². The Kier molecular flexibility index (Phi) is 3.96. The summed E-state index contributed by atoms with van der Waals surface area (Å²) >= 11 is 0. The summed E-state index contributed by atoms with van der Waals surface area (Å²) in [6.45, 7) is 2.22. The largest absolute Gasteiger partial charge is 0.484 e. The maximum absolute atomic E-state index is 5.67. The van der Waals surface area contributed by atoms with Crippen molar-refractivity contribution in [3.8, 4) is 28.7 Å². The highest BCUT2D eigenvalue weighted by Gasteiger charge is 2.09. The lowest BCUT2D eigenvalue weighted by atomic mass is 10.1. The van der Waals surface area contributed by atoms with Crippen molar-refractivity contribution in [3.05, 3.63) is 66.4 Å². The van der Waals surface area contributed by atoms with Crippen LogP contribution in [-0.2, 0) is 6.61 Å². The summed E-state index contributed by atoms with van der Waals surface area (Å²) in [5, 5.41) is 15.6. The van der Waals surface area contributed by atoms with E-state index in [2.05, 4.69) is 20.4 Å². The van der Waals surface area contributed by atoms with Crippen molar-refractivity contribution in [2.75, 3.05) is 0 Å². The number of rotatable bonds is 5. The van der Waals surface area contributed by atoms with Gasteiger partial charge in [-0.25, -0.2) is 0 Å². The molecule has 0 aliphatic carbocycles. The Labute approximate surface area is 143 Å². The Morgan fingerprint density at radius 2 is 1.56 bits per heavy atom. The van der Waals surface area contributed by atoms with Crippen molar-refractivity contribution in [2.24, 2.45) is 0 Å². The number of nitrogens with zero attached hydrogens (tertiary/aromatic N) is 4. The third-order valence-electron chi connectivity index (χ3n) is 3.59. The first-order valence-electron chi connectivity index (χ1n) is 7.67. The van der Waals surface area contributed by atoms with Crippen molar-refractivity contribution in [2.45, 2.75) is 13.5 Å². The molecule has 4 rings (SSSR count). The number of aromatic nitrogens is 4. The van der Waals surface area contributed by atoms with E-state index < -0.39 is 0 Å². The lowest BCUT2D eigenvalue weighted by molar-refractivity contribution is 0.264. The highest BCUT2D eigenvalue weighted by Crippen LogP contribution is 2.22. The van der Waals surface area contributed by atoms with Crippen LogP contribution in [0.4, 0.5) is 0 Å². The monoisotopic (exact) mass is 334 g/mol. The van der Waals surface area contributed by atoms with Gasteiger partial charge in [-0.1, -0.05) is 17.7 Å². The van der Waals surface area contributed by atoms with E-state index in [0.717, 1.165) is 11.1 Å². The summed E-state index contributed by atoms with van der Waals surface area (Å²) in [7, 11) is 0. The molecule has 0 bridgehead atoms. The number of aryl methyl sites for hydroxylation is 1. The number of hydrogen-bond acceptors (Lipinski definition) is 7. The van der Waals surface area contributed by atoms with Crippen LogP contribution in [0.3, 0.4) is 0 Å². The molecule has 0 amide bonds. The van der Waals surface area contributed by atoms with Crippen molar-refractivity contribution in [1.82, 2.24) is 20.4 Å². The Morgan fingerprint density at radius 3 is 2.28 bits per heavy atom. The highest BCUT2D eigenvalue weighted by molar-refractivity contribution is 5.54. The van der Waals surface area contributed by atoms with Gasteiger partial charge in [0.25, 0.3) is 5.89 Å². The fourth-order valence-electron chi connectivity index (χ4n) is 2.26. The second kappa shape index (κ2) is 6.56. The Bertz CT molecular complexity index is 945. The van der Waals surface area contributed by atoms with Crippen LogP contribution in [0.5, 0.6) is 5.75 Å².